The number of nitrogens with zero attached hydrogens (tertiary/aromatic N) is 2. The van der Waals surface area contributed by atoms with Gasteiger partial charge in [-0.2, -0.15) is 0 Å². The predicted octanol–water partition coefficient (Wildman–Crippen LogP) is 2.55. The number of hydrogen-bond donors (Lipinski definition) is 1. The largest absolute Gasteiger partial charge is 0.373 e. The lowest BCUT2D eigenvalue weighted by molar-refractivity contribution is 0.0891. The van der Waals surface area contributed by atoms with E-state index in [9.17, 15) is 4.79 Å². The Balaban J connectivity index is 1.88. The molecule has 21 heavy (non-hydrogen) atoms. The first-order valence-corrected chi connectivity index (χ1v) is 7.08. The average molecular weight is 279 g/mol. The zero-order chi connectivity index (χ0) is 14.8. The van der Waals surface area contributed by atoms with Crippen LogP contribution >= 0.6 is 0 Å². The van der Waals surface area contributed by atoms with E-state index in [1.165, 1.54) is 0 Å². The Bertz CT molecular complexity index is 749. The Morgan fingerprint density at radius 3 is 3.05 bits per heavy atom. The summed E-state index contributed by atoms with van der Waals surface area (Å²) in [7, 11) is 1.83. The first kappa shape index (κ1) is 13.4. The summed E-state index contributed by atoms with van der Waals surface area (Å²) in [6.45, 7) is 2.87. The van der Waals surface area contributed by atoms with Crippen molar-refractivity contribution in [3.05, 3.63) is 47.4 Å². The van der Waals surface area contributed by atoms with E-state index in [-0.39, 0.29) is 11.7 Å². The third-order valence-corrected chi connectivity index (χ3v) is 3.74. The van der Waals surface area contributed by atoms with E-state index in [0.29, 0.717) is 5.69 Å². The van der Waals surface area contributed by atoms with Gasteiger partial charge < -0.3 is 9.88 Å². The molecule has 1 unspecified atom stereocenters. The van der Waals surface area contributed by atoms with Crippen LogP contribution in [0.4, 0.5) is 5.82 Å². The molecule has 3 heterocycles. The highest BCUT2D eigenvalue weighted by Crippen LogP contribution is 2.22. The van der Waals surface area contributed by atoms with E-state index >= 15 is 0 Å². The summed E-state index contributed by atoms with van der Waals surface area (Å²) in [6.07, 6.45) is 2.85. The molecular formula is C17H17N3O. The van der Waals surface area contributed by atoms with Crippen LogP contribution in [0.2, 0.25) is 0 Å². The summed E-state index contributed by atoms with van der Waals surface area (Å²) in [5, 5.41) is 2.99. The Kier molecular flexibility index (Phi) is 3.49. The normalized spacial score (nSPS) is 16.9. The van der Waals surface area contributed by atoms with Gasteiger partial charge in [-0.15, -0.1) is 0 Å². The molecule has 2 aromatic heterocycles. The first-order valence-electron chi connectivity index (χ1n) is 7.08. The number of ketones is 1. The van der Waals surface area contributed by atoms with Gasteiger partial charge in [0.15, 0.2) is 5.78 Å². The number of rotatable bonds is 1. The van der Waals surface area contributed by atoms with Crippen LogP contribution in [0, 0.1) is 17.8 Å². The van der Waals surface area contributed by atoms with Crippen molar-refractivity contribution >= 4 is 11.6 Å². The maximum absolute atomic E-state index is 12.1. The quantitative estimate of drug-likeness (QED) is 0.816. The molecule has 0 fully saturated rings. The molecule has 1 N–H and O–H groups in total. The van der Waals surface area contributed by atoms with Gasteiger partial charge in [-0.05, 0) is 30.5 Å². The fourth-order valence-corrected chi connectivity index (χ4v) is 2.47. The Morgan fingerprint density at radius 1 is 1.38 bits per heavy atom. The SMILES string of the molecule is CNc1cccc(C#Cc2cc3n(c2)CCC(C)C3=O)n1. The van der Waals surface area contributed by atoms with Gasteiger partial charge in [-0.1, -0.05) is 18.9 Å². The maximum atomic E-state index is 12.1. The number of hydrogen-bond acceptors (Lipinski definition) is 3. The molecule has 0 saturated carbocycles. The molecule has 0 amide bonds. The van der Waals surface area contributed by atoms with Crippen molar-refractivity contribution in [1.29, 1.82) is 0 Å². The summed E-state index contributed by atoms with van der Waals surface area (Å²) < 4.78 is 2.00. The minimum atomic E-state index is 0.113. The van der Waals surface area contributed by atoms with E-state index in [4.69, 9.17) is 0 Å². The molecular weight excluding hydrogens is 262 g/mol. The van der Waals surface area contributed by atoms with Crippen LogP contribution in [-0.4, -0.2) is 22.4 Å². The number of Topliss-reactive ketones (excluding diaryl/α,β-unsaturated/α-hetero) is 1. The zero-order valence-electron chi connectivity index (χ0n) is 12.2. The number of pyridine rings is 1. The van der Waals surface area contributed by atoms with E-state index in [1.807, 2.05) is 49.0 Å². The second kappa shape index (κ2) is 5.45. The molecule has 0 aromatic carbocycles. The minimum Gasteiger partial charge on any atom is -0.373 e. The predicted molar refractivity (Wildman–Crippen MR) is 82.3 cm³/mol. The number of nitrogens with one attached hydrogen (secondary N) is 1. The van der Waals surface area contributed by atoms with Crippen molar-refractivity contribution in [2.24, 2.45) is 5.92 Å². The van der Waals surface area contributed by atoms with Gasteiger partial charge in [0, 0.05) is 31.3 Å². The van der Waals surface area contributed by atoms with Gasteiger partial charge in [0.1, 0.15) is 11.5 Å². The van der Waals surface area contributed by atoms with E-state index in [2.05, 4.69) is 22.1 Å². The third kappa shape index (κ3) is 2.68. The van der Waals surface area contributed by atoms with Gasteiger partial charge in [0.25, 0.3) is 0 Å². The van der Waals surface area contributed by atoms with Gasteiger partial charge >= 0.3 is 0 Å². The second-order valence-electron chi connectivity index (χ2n) is 5.27. The van der Waals surface area contributed by atoms with Crippen molar-refractivity contribution < 1.29 is 4.79 Å². The molecule has 1 atom stereocenters. The zero-order valence-corrected chi connectivity index (χ0v) is 12.2. The molecule has 0 bridgehead atoms. The number of aromatic nitrogens is 2. The highest BCUT2D eigenvalue weighted by Gasteiger charge is 2.24. The van der Waals surface area contributed by atoms with Crippen LogP contribution in [0.3, 0.4) is 0 Å². The van der Waals surface area contributed by atoms with Gasteiger partial charge in [0.2, 0.25) is 0 Å². The fourth-order valence-electron chi connectivity index (χ4n) is 2.47. The Labute approximate surface area is 124 Å². The topological polar surface area (TPSA) is 46.9 Å². The number of carbonyl (C=O) groups is 1. The van der Waals surface area contributed by atoms with E-state index < -0.39 is 0 Å². The molecule has 3 rings (SSSR count). The number of fused-ring (bicyclic) bond motifs is 1. The fraction of sp³-hybridized carbons (Fsp3) is 0.294. The third-order valence-electron chi connectivity index (χ3n) is 3.74. The second-order valence-corrected chi connectivity index (χ2v) is 5.27. The van der Waals surface area contributed by atoms with E-state index in [0.717, 1.165) is 30.0 Å². The van der Waals surface area contributed by atoms with Crippen molar-refractivity contribution in [3.8, 4) is 11.8 Å². The summed E-state index contributed by atoms with van der Waals surface area (Å²) in [4.78, 5) is 16.5. The highest BCUT2D eigenvalue weighted by atomic mass is 16.1. The molecule has 4 nitrogen and oxygen atoms in total. The van der Waals surface area contributed by atoms with Gasteiger partial charge in [0.05, 0.1) is 5.69 Å². The first-order chi connectivity index (χ1) is 10.2. The van der Waals surface area contributed by atoms with Crippen LogP contribution in [0.1, 0.15) is 35.1 Å². The van der Waals surface area contributed by atoms with Crippen molar-refractivity contribution in [2.75, 3.05) is 12.4 Å². The molecule has 1 aliphatic heterocycles. The van der Waals surface area contributed by atoms with Gasteiger partial charge in [-0.3, -0.25) is 4.79 Å². The molecule has 2 aromatic rings. The van der Waals surface area contributed by atoms with Crippen LogP contribution in [0.5, 0.6) is 0 Å². The van der Waals surface area contributed by atoms with E-state index in [1.54, 1.807) is 0 Å². The Morgan fingerprint density at radius 2 is 2.24 bits per heavy atom. The highest BCUT2D eigenvalue weighted by molar-refractivity contribution is 5.97. The van der Waals surface area contributed by atoms with Crippen molar-refractivity contribution in [2.45, 2.75) is 19.9 Å². The van der Waals surface area contributed by atoms with Crippen LogP contribution in [0.15, 0.2) is 30.5 Å². The molecule has 0 aliphatic carbocycles. The van der Waals surface area contributed by atoms with Gasteiger partial charge in [-0.25, -0.2) is 4.98 Å². The lowest BCUT2D eigenvalue weighted by Gasteiger charge is -2.19. The van der Waals surface area contributed by atoms with Crippen LogP contribution in [0.25, 0.3) is 0 Å². The standard InChI is InChI=1S/C17H17N3O/c1-12-8-9-20-11-13(10-15(20)17(12)21)6-7-14-4-3-5-16(18-2)19-14/h3-5,10-12H,8-9H2,1-2H3,(H,18,19). The number of aryl methyl sites for hydroxylation is 1. The minimum absolute atomic E-state index is 0.113. The summed E-state index contributed by atoms with van der Waals surface area (Å²) in [5.41, 5.74) is 2.35. The molecule has 0 saturated heterocycles. The maximum Gasteiger partial charge on any atom is 0.182 e. The summed E-state index contributed by atoms with van der Waals surface area (Å²) in [5.74, 6) is 7.26. The van der Waals surface area contributed by atoms with Crippen molar-refractivity contribution in [1.82, 2.24) is 9.55 Å². The molecule has 4 heteroatoms. The average Bonchev–Trinajstić information content (AvgIpc) is 2.93. The van der Waals surface area contributed by atoms with Crippen LogP contribution in [-0.2, 0) is 6.54 Å². The molecule has 106 valence electrons. The summed E-state index contributed by atoms with van der Waals surface area (Å²) in [6, 6.07) is 7.56. The lowest BCUT2D eigenvalue weighted by atomic mass is 9.97. The number of anilines is 1. The lowest BCUT2D eigenvalue weighted by Crippen LogP contribution is -2.23. The Hall–Kier alpha value is -2.54. The summed E-state index contributed by atoms with van der Waals surface area (Å²) >= 11 is 0. The molecule has 0 spiro atoms. The molecule has 0 radical (unpaired) electrons. The van der Waals surface area contributed by atoms with Crippen molar-refractivity contribution in [3.63, 3.8) is 0 Å². The van der Waals surface area contributed by atoms with Crippen LogP contribution < -0.4 is 5.32 Å². The molecule has 1 aliphatic rings. The number of carbonyl (C=O) groups excluding carboxylic acids is 1. The monoisotopic (exact) mass is 279 g/mol. The smallest absolute Gasteiger partial charge is 0.182 e.